The van der Waals surface area contributed by atoms with Crippen molar-refractivity contribution in [1.82, 2.24) is 5.32 Å². The van der Waals surface area contributed by atoms with E-state index in [2.05, 4.69) is 5.32 Å². The number of non-ortho nitro benzene ring substituents is 1. The first-order chi connectivity index (χ1) is 13.0. The summed E-state index contributed by atoms with van der Waals surface area (Å²) in [6, 6.07) is 10.2. The molecule has 0 spiro atoms. The standard InChI is InChI=1S/C19H22FN3O4/c1-3-22(4-2)17-10-9-14(23(25)26)13-15(17)19(24)21-11-12-27-18-8-6-5-7-16(18)20/h5-10,13H,3-4,11-12H2,1-2H3,(H,21,24). The molecular weight excluding hydrogens is 353 g/mol. The van der Waals surface area contributed by atoms with Gasteiger partial charge in [0.1, 0.15) is 6.61 Å². The lowest BCUT2D eigenvalue weighted by atomic mass is 10.1. The summed E-state index contributed by atoms with van der Waals surface area (Å²) in [6.07, 6.45) is 0. The Labute approximate surface area is 156 Å². The largest absolute Gasteiger partial charge is 0.489 e. The minimum Gasteiger partial charge on any atom is -0.489 e. The highest BCUT2D eigenvalue weighted by atomic mass is 19.1. The van der Waals surface area contributed by atoms with Crippen LogP contribution in [0, 0.1) is 15.9 Å². The van der Waals surface area contributed by atoms with Crippen molar-refractivity contribution >= 4 is 17.3 Å². The molecule has 2 aromatic carbocycles. The summed E-state index contributed by atoms with van der Waals surface area (Å²) >= 11 is 0. The van der Waals surface area contributed by atoms with Gasteiger partial charge in [0.15, 0.2) is 11.6 Å². The molecule has 144 valence electrons. The molecule has 8 heteroatoms. The average molecular weight is 375 g/mol. The highest BCUT2D eigenvalue weighted by Crippen LogP contribution is 2.25. The molecule has 1 amide bonds. The van der Waals surface area contributed by atoms with E-state index in [1.54, 1.807) is 18.2 Å². The normalized spacial score (nSPS) is 10.3. The third kappa shape index (κ3) is 5.16. The van der Waals surface area contributed by atoms with Crippen LogP contribution < -0.4 is 15.0 Å². The van der Waals surface area contributed by atoms with Gasteiger partial charge < -0.3 is 15.0 Å². The van der Waals surface area contributed by atoms with Gasteiger partial charge in [-0.05, 0) is 32.0 Å². The minimum atomic E-state index is -0.538. The van der Waals surface area contributed by atoms with Crippen LogP contribution in [-0.2, 0) is 0 Å². The van der Waals surface area contributed by atoms with E-state index in [4.69, 9.17) is 4.74 Å². The lowest BCUT2D eigenvalue weighted by Gasteiger charge is -2.23. The molecule has 0 saturated heterocycles. The van der Waals surface area contributed by atoms with E-state index in [1.165, 1.54) is 24.3 Å². The second-order valence-electron chi connectivity index (χ2n) is 5.67. The fraction of sp³-hybridized carbons (Fsp3) is 0.316. The number of nitro groups is 1. The van der Waals surface area contributed by atoms with E-state index in [1.807, 2.05) is 18.7 Å². The van der Waals surface area contributed by atoms with Crippen LogP contribution in [0.2, 0.25) is 0 Å². The number of ether oxygens (including phenoxy) is 1. The second-order valence-corrected chi connectivity index (χ2v) is 5.67. The van der Waals surface area contributed by atoms with Gasteiger partial charge in [-0.2, -0.15) is 0 Å². The molecule has 0 atom stereocenters. The molecule has 0 unspecified atom stereocenters. The zero-order valence-electron chi connectivity index (χ0n) is 15.3. The molecule has 2 rings (SSSR count). The first kappa shape index (κ1) is 20.2. The maximum atomic E-state index is 13.5. The molecule has 1 N–H and O–H groups in total. The van der Waals surface area contributed by atoms with Crippen molar-refractivity contribution in [3.63, 3.8) is 0 Å². The number of nitro benzene ring substituents is 1. The van der Waals surface area contributed by atoms with Gasteiger partial charge in [0.2, 0.25) is 0 Å². The van der Waals surface area contributed by atoms with Crippen molar-refractivity contribution in [2.24, 2.45) is 0 Å². The van der Waals surface area contributed by atoms with E-state index in [0.717, 1.165) is 0 Å². The quantitative estimate of drug-likeness (QED) is 0.413. The maximum Gasteiger partial charge on any atom is 0.270 e. The zero-order chi connectivity index (χ0) is 19.8. The van der Waals surface area contributed by atoms with Crippen molar-refractivity contribution in [3.8, 4) is 5.75 Å². The minimum absolute atomic E-state index is 0.0716. The number of hydrogen-bond acceptors (Lipinski definition) is 5. The zero-order valence-corrected chi connectivity index (χ0v) is 15.3. The molecule has 7 nitrogen and oxygen atoms in total. The maximum absolute atomic E-state index is 13.5. The van der Waals surface area contributed by atoms with E-state index < -0.39 is 16.6 Å². The van der Waals surface area contributed by atoms with E-state index >= 15 is 0 Å². The summed E-state index contributed by atoms with van der Waals surface area (Å²) in [6.45, 7) is 5.40. The van der Waals surface area contributed by atoms with Gasteiger partial charge in [-0.15, -0.1) is 0 Å². The van der Waals surface area contributed by atoms with Crippen LogP contribution in [0.1, 0.15) is 24.2 Å². The third-order valence-corrected chi connectivity index (χ3v) is 4.02. The number of anilines is 1. The predicted molar refractivity (Wildman–Crippen MR) is 101 cm³/mol. The van der Waals surface area contributed by atoms with Crippen LogP contribution in [0.3, 0.4) is 0 Å². The average Bonchev–Trinajstić information content (AvgIpc) is 2.67. The van der Waals surface area contributed by atoms with Crippen molar-refractivity contribution in [2.75, 3.05) is 31.1 Å². The fourth-order valence-corrected chi connectivity index (χ4v) is 2.64. The van der Waals surface area contributed by atoms with Crippen LogP contribution in [0.4, 0.5) is 15.8 Å². The molecule has 2 aromatic rings. The highest BCUT2D eigenvalue weighted by molar-refractivity contribution is 6.00. The monoisotopic (exact) mass is 375 g/mol. The molecule has 0 radical (unpaired) electrons. The van der Waals surface area contributed by atoms with E-state index in [-0.39, 0.29) is 30.2 Å². The Morgan fingerprint density at radius 2 is 1.93 bits per heavy atom. The number of hydrogen-bond donors (Lipinski definition) is 1. The third-order valence-electron chi connectivity index (χ3n) is 4.02. The van der Waals surface area contributed by atoms with Crippen LogP contribution >= 0.6 is 0 Å². The SMILES string of the molecule is CCN(CC)c1ccc([N+](=O)[O-])cc1C(=O)NCCOc1ccccc1F. The number of benzene rings is 2. The Balaban J connectivity index is 2.08. The van der Waals surface area contributed by atoms with Gasteiger partial charge in [-0.1, -0.05) is 12.1 Å². The summed E-state index contributed by atoms with van der Waals surface area (Å²) in [5.41, 5.74) is 0.690. The Kier molecular flexibility index (Phi) is 7.10. The first-order valence-corrected chi connectivity index (χ1v) is 8.66. The summed E-state index contributed by atoms with van der Waals surface area (Å²) in [5, 5.41) is 13.7. The van der Waals surface area contributed by atoms with E-state index in [0.29, 0.717) is 18.8 Å². The molecular formula is C19H22FN3O4. The van der Waals surface area contributed by atoms with Gasteiger partial charge >= 0.3 is 0 Å². The summed E-state index contributed by atoms with van der Waals surface area (Å²) in [4.78, 5) is 25.0. The fourth-order valence-electron chi connectivity index (χ4n) is 2.64. The van der Waals surface area contributed by atoms with Gasteiger partial charge in [-0.3, -0.25) is 14.9 Å². The van der Waals surface area contributed by atoms with Gasteiger partial charge in [0, 0.05) is 30.9 Å². The van der Waals surface area contributed by atoms with Crippen LogP contribution in [0.25, 0.3) is 0 Å². The number of carbonyl (C=O) groups excluding carboxylic acids is 1. The molecule has 0 aliphatic rings. The number of carbonyl (C=O) groups is 1. The van der Waals surface area contributed by atoms with Crippen molar-refractivity contribution in [2.45, 2.75) is 13.8 Å². The molecule has 0 heterocycles. The summed E-state index contributed by atoms with van der Waals surface area (Å²) in [5.74, 6) is -0.824. The molecule has 0 aliphatic heterocycles. The van der Waals surface area contributed by atoms with Gasteiger partial charge in [0.05, 0.1) is 17.0 Å². The van der Waals surface area contributed by atoms with Crippen LogP contribution in [0.5, 0.6) is 5.75 Å². The predicted octanol–water partition coefficient (Wildman–Crippen LogP) is 3.39. The van der Waals surface area contributed by atoms with E-state index in [9.17, 15) is 19.3 Å². The number of para-hydroxylation sites is 1. The number of nitrogens with zero attached hydrogens (tertiary/aromatic N) is 2. The Morgan fingerprint density at radius 1 is 1.22 bits per heavy atom. The smallest absolute Gasteiger partial charge is 0.270 e. The Hall–Kier alpha value is -3.16. The molecule has 0 fully saturated rings. The number of nitrogens with one attached hydrogen (secondary N) is 1. The van der Waals surface area contributed by atoms with Crippen LogP contribution in [0.15, 0.2) is 42.5 Å². The lowest BCUT2D eigenvalue weighted by Crippen LogP contribution is -2.31. The molecule has 0 saturated carbocycles. The summed E-state index contributed by atoms with van der Waals surface area (Å²) < 4.78 is 18.8. The van der Waals surface area contributed by atoms with Gasteiger partial charge in [0.25, 0.3) is 11.6 Å². The molecule has 0 bridgehead atoms. The van der Waals surface area contributed by atoms with Crippen molar-refractivity contribution < 1.29 is 18.8 Å². The number of amides is 1. The summed E-state index contributed by atoms with van der Waals surface area (Å²) in [7, 11) is 0. The number of rotatable bonds is 9. The first-order valence-electron chi connectivity index (χ1n) is 8.66. The van der Waals surface area contributed by atoms with Crippen molar-refractivity contribution in [1.29, 1.82) is 0 Å². The Morgan fingerprint density at radius 3 is 2.56 bits per heavy atom. The molecule has 0 aliphatic carbocycles. The second kappa shape index (κ2) is 9.51. The topological polar surface area (TPSA) is 84.7 Å². The lowest BCUT2D eigenvalue weighted by molar-refractivity contribution is -0.384. The van der Waals surface area contributed by atoms with Gasteiger partial charge in [-0.25, -0.2) is 4.39 Å². The molecule has 27 heavy (non-hydrogen) atoms. The van der Waals surface area contributed by atoms with Crippen LogP contribution in [-0.4, -0.2) is 37.1 Å². The highest BCUT2D eigenvalue weighted by Gasteiger charge is 2.19. The van der Waals surface area contributed by atoms with Crippen molar-refractivity contribution in [3.05, 3.63) is 64.0 Å². The Bertz CT molecular complexity index is 809. The molecule has 0 aromatic heterocycles. The number of halogens is 1.